The quantitative estimate of drug-likeness (QED) is 0.273. The molecule has 0 spiro atoms. The minimum absolute atomic E-state index is 0.0880. The van der Waals surface area contributed by atoms with Gasteiger partial charge in [-0.25, -0.2) is 14.2 Å². The number of nitrogens with zero attached hydrogens (tertiary/aromatic N) is 4. The van der Waals surface area contributed by atoms with Crippen LogP contribution < -0.4 is 20.3 Å². The molecule has 0 saturated carbocycles. The van der Waals surface area contributed by atoms with Crippen LogP contribution in [0, 0.1) is 11.8 Å². The second-order valence-corrected chi connectivity index (χ2v) is 11.8. The molecule has 0 bridgehead atoms. The molecule has 2 amide bonds. The van der Waals surface area contributed by atoms with E-state index in [9.17, 15) is 27.2 Å². The lowest BCUT2D eigenvalue weighted by Crippen LogP contribution is -2.46. The van der Waals surface area contributed by atoms with Crippen LogP contribution in [0.2, 0.25) is 0 Å². The minimum Gasteiger partial charge on any atom is -0.479 e. The lowest BCUT2D eigenvalue weighted by atomic mass is 10.0. The maximum Gasteiger partial charge on any atom is 0.415 e. The molecule has 2 atom stereocenters. The number of halogens is 4. The van der Waals surface area contributed by atoms with Gasteiger partial charge >= 0.3 is 12.3 Å². The first kappa shape index (κ1) is 31.5. The van der Waals surface area contributed by atoms with Gasteiger partial charge in [0.1, 0.15) is 23.2 Å². The number of ether oxygens (including phenoxy) is 2. The van der Waals surface area contributed by atoms with Gasteiger partial charge in [0, 0.05) is 37.6 Å². The molecule has 46 heavy (non-hydrogen) atoms. The molecular formula is C32H38F4N6O4. The molecule has 0 unspecified atom stereocenters. The van der Waals surface area contributed by atoms with Crippen LogP contribution in [0.4, 0.5) is 33.7 Å². The first-order chi connectivity index (χ1) is 22.3. The van der Waals surface area contributed by atoms with Gasteiger partial charge in [-0.3, -0.25) is 9.69 Å². The van der Waals surface area contributed by atoms with E-state index >= 15 is 0 Å². The second-order valence-electron chi connectivity index (χ2n) is 11.8. The molecular weight excluding hydrogens is 608 g/mol. The maximum atomic E-state index is 14.9. The zero-order chi connectivity index (χ0) is 35.6. The second kappa shape index (κ2) is 13.9. The SMILES string of the molecule is [2H]C([2H])(C#Cc1cc2c(N[C@@H]3CCN(C)C[C@@H]3F)cccn2c1CC(F)(F)F)N(C(=O)OC(C)(C)C)c1ccc(C(=O)NC)nc1OC. The first-order valence-corrected chi connectivity index (χ1v) is 14.5. The Bertz CT molecular complexity index is 1730. The van der Waals surface area contributed by atoms with Gasteiger partial charge < -0.3 is 29.4 Å². The van der Waals surface area contributed by atoms with E-state index in [4.69, 9.17) is 12.2 Å². The summed E-state index contributed by atoms with van der Waals surface area (Å²) in [7, 11) is 4.39. The molecule has 1 saturated heterocycles. The van der Waals surface area contributed by atoms with E-state index in [-0.39, 0.29) is 40.6 Å². The van der Waals surface area contributed by atoms with Crippen molar-refractivity contribution >= 4 is 28.9 Å². The molecule has 2 N–H and O–H groups in total. The van der Waals surface area contributed by atoms with Gasteiger partial charge in [0.2, 0.25) is 5.88 Å². The summed E-state index contributed by atoms with van der Waals surface area (Å²) in [4.78, 5) is 32.1. The first-order valence-electron chi connectivity index (χ1n) is 15.5. The van der Waals surface area contributed by atoms with Gasteiger partial charge in [0.05, 0.1) is 40.0 Å². The predicted octanol–water partition coefficient (Wildman–Crippen LogP) is 5.05. The number of carbonyl (C=O) groups excluding carboxylic acids is 2. The summed E-state index contributed by atoms with van der Waals surface area (Å²) < 4.78 is 86.1. The van der Waals surface area contributed by atoms with Gasteiger partial charge in [0.25, 0.3) is 5.91 Å². The highest BCUT2D eigenvalue weighted by Crippen LogP contribution is 2.31. The van der Waals surface area contributed by atoms with Gasteiger partial charge in [-0.1, -0.05) is 11.8 Å². The summed E-state index contributed by atoms with van der Waals surface area (Å²) in [5.74, 6) is 3.96. The summed E-state index contributed by atoms with van der Waals surface area (Å²) >= 11 is 0. The average molecular weight is 649 g/mol. The number of hydrogen-bond acceptors (Lipinski definition) is 7. The molecule has 1 aliphatic heterocycles. The molecule has 4 heterocycles. The van der Waals surface area contributed by atoms with Crippen molar-refractivity contribution in [3.63, 3.8) is 0 Å². The molecule has 1 aliphatic rings. The van der Waals surface area contributed by atoms with Crippen molar-refractivity contribution in [2.45, 2.75) is 57.6 Å². The number of amides is 2. The number of fused-ring (bicyclic) bond motifs is 1. The Labute approximate surface area is 267 Å². The number of nitrogens with one attached hydrogen (secondary N) is 2. The summed E-state index contributed by atoms with van der Waals surface area (Å²) in [5, 5.41) is 5.53. The smallest absolute Gasteiger partial charge is 0.415 e. The van der Waals surface area contributed by atoms with Crippen molar-refractivity contribution < 1.29 is 39.4 Å². The molecule has 14 heteroatoms. The van der Waals surface area contributed by atoms with E-state index in [0.29, 0.717) is 23.6 Å². The number of pyridine rings is 2. The summed E-state index contributed by atoms with van der Waals surface area (Å²) in [6.07, 6.45) is -6.57. The zero-order valence-corrected chi connectivity index (χ0v) is 26.4. The number of hydrogen-bond donors (Lipinski definition) is 2. The number of rotatable bonds is 7. The van der Waals surface area contributed by atoms with Crippen LogP contribution in [0.3, 0.4) is 0 Å². The summed E-state index contributed by atoms with van der Waals surface area (Å²) in [6, 6.07) is 6.41. The van der Waals surface area contributed by atoms with E-state index in [1.54, 1.807) is 33.9 Å². The fourth-order valence-corrected chi connectivity index (χ4v) is 4.94. The molecule has 0 radical (unpaired) electrons. The molecule has 10 nitrogen and oxygen atoms in total. The number of anilines is 2. The lowest BCUT2D eigenvalue weighted by Gasteiger charge is -2.33. The average Bonchev–Trinajstić information content (AvgIpc) is 3.33. The van der Waals surface area contributed by atoms with E-state index in [1.807, 2.05) is 4.90 Å². The third-order valence-corrected chi connectivity index (χ3v) is 7.04. The fraction of sp³-hybridized carbons (Fsp3) is 0.469. The molecule has 248 valence electrons. The number of methoxy groups -OCH3 is 1. The monoisotopic (exact) mass is 648 g/mol. The largest absolute Gasteiger partial charge is 0.479 e. The van der Waals surface area contributed by atoms with Crippen LogP contribution in [0.1, 0.15) is 51.7 Å². The number of piperidine rings is 1. The van der Waals surface area contributed by atoms with Crippen molar-refractivity contribution in [2.75, 3.05) is 51.0 Å². The molecule has 0 aliphatic carbocycles. The van der Waals surface area contributed by atoms with Gasteiger partial charge in [-0.05, 0) is 64.6 Å². The third kappa shape index (κ3) is 8.39. The molecule has 0 aromatic carbocycles. The van der Waals surface area contributed by atoms with Crippen LogP contribution in [0.25, 0.3) is 5.52 Å². The van der Waals surface area contributed by atoms with E-state index < -0.39 is 48.9 Å². The van der Waals surface area contributed by atoms with Crippen LogP contribution in [0.5, 0.6) is 5.88 Å². The van der Waals surface area contributed by atoms with Gasteiger partial charge in [0.15, 0.2) is 0 Å². The Morgan fingerprint density at radius 2 is 1.98 bits per heavy atom. The van der Waals surface area contributed by atoms with E-state index in [2.05, 4.69) is 27.5 Å². The van der Waals surface area contributed by atoms with Crippen LogP contribution in [0.15, 0.2) is 36.5 Å². The Balaban J connectivity index is 1.83. The Kier molecular flexibility index (Phi) is 9.48. The van der Waals surface area contributed by atoms with Crippen LogP contribution >= 0.6 is 0 Å². The highest BCUT2D eigenvalue weighted by molar-refractivity contribution is 5.94. The standard InChI is InChI=1S/C32H38F4N6O4/c1-31(2,3)46-30(44)42(25-12-11-24(28(43)37-4)39-29(25)45-6)15-7-9-20-17-26-23(38-22-13-16-40(5)19-21(22)33)10-8-14-41(26)27(20)18-32(34,35)36/h8,10-12,14,17,21-22,38H,13,15-16,18-19H2,1-6H3,(H,37,43)/t21-,22+/m0/s1/i15D2. The molecule has 1 fully saturated rings. The van der Waals surface area contributed by atoms with Gasteiger partial charge in [-0.15, -0.1) is 0 Å². The third-order valence-electron chi connectivity index (χ3n) is 7.04. The van der Waals surface area contributed by atoms with Gasteiger partial charge in [-0.2, -0.15) is 13.2 Å². The normalized spacial score (nSPS) is 18.1. The minimum atomic E-state index is -4.65. The number of likely N-dealkylation sites (tertiary alicyclic amines) is 1. The fourth-order valence-electron chi connectivity index (χ4n) is 4.94. The van der Waals surface area contributed by atoms with E-state index in [0.717, 1.165) is 0 Å². The summed E-state index contributed by atoms with van der Waals surface area (Å²) in [5.41, 5.74) is -1.19. The van der Waals surface area contributed by atoms with Crippen molar-refractivity contribution in [1.29, 1.82) is 0 Å². The Morgan fingerprint density at radius 1 is 1.24 bits per heavy atom. The van der Waals surface area contributed by atoms with Crippen molar-refractivity contribution in [3.05, 3.63) is 53.5 Å². The topological polar surface area (TPSA) is 100 Å². The Hall–Kier alpha value is -4.51. The van der Waals surface area contributed by atoms with Crippen molar-refractivity contribution in [1.82, 2.24) is 19.6 Å². The lowest BCUT2D eigenvalue weighted by molar-refractivity contribution is -0.128. The van der Waals surface area contributed by atoms with E-state index in [1.165, 1.54) is 49.0 Å². The zero-order valence-electron chi connectivity index (χ0n) is 28.4. The number of carbonyl (C=O) groups is 2. The number of aromatic nitrogens is 2. The highest BCUT2D eigenvalue weighted by atomic mass is 19.4. The van der Waals surface area contributed by atoms with Crippen molar-refractivity contribution in [3.8, 4) is 17.7 Å². The van der Waals surface area contributed by atoms with Crippen molar-refractivity contribution in [2.24, 2.45) is 0 Å². The predicted molar refractivity (Wildman–Crippen MR) is 166 cm³/mol. The van der Waals surface area contributed by atoms with Crippen LogP contribution in [-0.4, -0.2) is 91.1 Å². The maximum absolute atomic E-state index is 14.9. The molecule has 4 rings (SSSR count). The molecule has 3 aromatic rings. The highest BCUT2D eigenvalue weighted by Gasteiger charge is 2.32. The molecule has 3 aromatic heterocycles. The Morgan fingerprint density at radius 3 is 2.61 bits per heavy atom. The van der Waals surface area contributed by atoms with Crippen LogP contribution in [-0.2, 0) is 11.2 Å². The number of alkyl halides is 4. The summed E-state index contributed by atoms with van der Waals surface area (Å²) in [6.45, 7) is 2.62.